The average Bonchev–Trinajstić information content (AvgIpc) is 2.97. The minimum Gasteiger partial charge on any atom is -0.444 e. The normalized spacial score (nSPS) is 20.3. The summed E-state index contributed by atoms with van der Waals surface area (Å²) in [5.74, 6) is 0. The Hall–Kier alpha value is -1.07. The van der Waals surface area contributed by atoms with Gasteiger partial charge in [0.1, 0.15) is 5.60 Å². The van der Waals surface area contributed by atoms with Crippen LogP contribution in [0, 0.1) is 0 Å². The van der Waals surface area contributed by atoms with Gasteiger partial charge in [-0.1, -0.05) is 0 Å². The summed E-state index contributed by atoms with van der Waals surface area (Å²) in [7, 11) is 0. The highest BCUT2D eigenvalue weighted by Crippen LogP contribution is 2.23. The Morgan fingerprint density at radius 1 is 1.48 bits per heavy atom. The van der Waals surface area contributed by atoms with Crippen molar-refractivity contribution in [2.75, 3.05) is 6.54 Å². The maximum Gasteiger partial charge on any atom is 0.410 e. The monoisotopic (exact) mass is 338 g/mol. The van der Waals surface area contributed by atoms with E-state index in [-0.39, 0.29) is 12.1 Å². The number of amides is 1. The lowest BCUT2D eigenvalue weighted by Gasteiger charge is -2.38. The summed E-state index contributed by atoms with van der Waals surface area (Å²) in [4.78, 5) is 14.4. The van der Waals surface area contributed by atoms with Gasteiger partial charge in [-0.2, -0.15) is 11.3 Å². The van der Waals surface area contributed by atoms with Crippen molar-refractivity contribution in [3.05, 3.63) is 22.4 Å². The van der Waals surface area contributed by atoms with E-state index in [2.05, 4.69) is 29.1 Å². The molecule has 1 aromatic heterocycles. The van der Waals surface area contributed by atoms with Crippen LogP contribution >= 0.6 is 11.3 Å². The van der Waals surface area contributed by atoms with E-state index in [4.69, 9.17) is 4.74 Å². The summed E-state index contributed by atoms with van der Waals surface area (Å²) < 4.78 is 5.58. The summed E-state index contributed by atoms with van der Waals surface area (Å²) >= 11 is 1.73. The second-order valence-electron chi connectivity index (χ2n) is 7.47. The molecule has 0 saturated carbocycles. The van der Waals surface area contributed by atoms with Gasteiger partial charge in [0.15, 0.2) is 0 Å². The third kappa shape index (κ3) is 6.15. The third-order valence-corrected chi connectivity index (χ3v) is 4.85. The molecule has 2 heterocycles. The molecule has 5 heteroatoms. The highest BCUT2D eigenvalue weighted by Gasteiger charge is 2.31. The zero-order valence-corrected chi connectivity index (χ0v) is 15.6. The Bertz CT molecular complexity index is 482. The van der Waals surface area contributed by atoms with E-state index in [0.29, 0.717) is 6.04 Å². The number of hydrogen-bond acceptors (Lipinski definition) is 4. The van der Waals surface area contributed by atoms with Gasteiger partial charge in [-0.25, -0.2) is 4.79 Å². The van der Waals surface area contributed by atoms with E-state index in [1.807, 2.05) is 25.7 Å². The van der Waals surface area contributed by atoms with E-state index < -0.39 is 5.60 Å². The Morgan fingerprint density at radius 2 is 2.26 bits per heavy atom. The number of nitrogens with one attached hydrogen (secondary N) is 1. The quantitative estimate of drug-likeness (QED) is 0.865. The highest BCUT2D eigenvalue weighted by atomic mass is 32.1. The first-order valence-corrected chi connectivity index (χ1v) is 9.53. The maximum absolute atomic E-state index is 12.4. The molecule has 4 nitrogen and oxygen atoms in total. The van der Waals surface area contributed by atoms with E-state index in [9.17, 15) is 4.79 Å². The zero-order valence-electron chi connectivity index (χ0n) is 14.8. The largest absolute Gasteiger partial charge is 0.444 e. The fourth-order valence-corrected chi connectivity index (χ4v) is 3.65. The highest BCUT2D eigenvalue weighted by molar-refractivity contribution is 7.07. The topological polar surface area (TPSA) is 41.6 Å². The fourth-order valence-electron chi connectivity index (χ4n) is 2.98. The van der Waals surface area contributed by atoms with Crippen LogP contribution in [0.15, 0.2) is 16.8 Å². The molecule has 0 bridgehead atoms. The van der Waals surface area contributed by atoms with Gasteiger partial charge in [0.25, 0.3) is 0 Å². The van der Waals surface area contributed by atoms with Crippen LogP contribution in [0.3, 0.4) is 0 Å². The average molecular weight is 339 g/mol. The van der Waals surface area contributed by atoms with Crippen molar-refractivity contribution in [1.29, 1.82) is 0 Å². The molecule has 130 valence electrons. The van der Waals surface area contributed by atoms with Crippen LogP contribution in [0.25, 0.3) is 0 Å². The second-order valence-corrected chi connectivity index (χ2v) is 8.25. The first-order chi connectivity index (χ1) is 10.8. The minimum atomic E-state index is -0.429. The molecular formula is C18H30N2O2S. The Morgan fingerprint density at radius 3 is 2.91 bits per heavy atom. The Kier molecular flexibility index (Phi) is 6.48. The van der Waals surface area contributed by atoms with Gasteiger partial charge in [-0.05, 0) is 75.8 Å². The maximum atomic E-state index is 12.4. The van der Waals surface area contributed by atoms with Gasteiger partial charge >= 0.3 is 6.09 Å². The number of rotatable bonds is 5. The van der Waals surface area contributed by atoms with Crippen molar-refractivity contribution in [2.24, 2.45) is 0 Å². The number of carbonyl (C=O) groups is 1. The van der Waals surface area contributed by atoms with Gasteiger partial charge in [-0.15, -0.1) is 0 Å². The molecule has 1 aliphatic rings. The molecule has 1 aromatic rings. The smallest absolute Gasteiger partial charge is 0.410 e. The van der Waals surface area contributed by atoms with Crippen molar-refractivity contribution in [1.82, 2.24) is 10.2 Å². The summed E-state index contributed by atoms with van der Waals surface area (Å²) in [6.45, 7) is 9.69. The zero-order chi connectivity index (χ0) is 16.9. The minimum absolute atomic E-state index is 0.160. The molecular weight excluding hydrogens is 308 g/mol. The predicted molar refractivity (Wildman–Crippen MR) is 95.8 cm³/mol. The first-order valence-electron chi connectivity index (χ1n) is 8.59. The number of thiophene rings is 1. The van der Waals surface area contributed by atoms with Crippen LogP contribution < -0.4 is 5.32 Å². The summed E-state index contributed by atoms with van der Waals surface area (Å²) in [5.41, 5.74) is 0.900. The van der Waals surface area contributed by atoms with Crippen LogP contribution in [0.4, 0.5) is 4.79 Å². The SMILES string of the molecule is CC(CC1CCCCN1C(=O)OC(C)(C)C)NCc1ccsc1. The van der Waals surface area contributed by atoms with E-state index in [1.165, 1.54) is 12.0 Å². The lowest BCUT2D eigenvalue weighted by Crippen LogP contribution is -2.48. The standard InChI is InChI=1S/C18H30N2O2S/c1-14(19-12-15-8-10-23-13-15)11-16-7-5-6-9-20(16)17(21)22-18(2,3)4/h8,10,13-14,16,19H,5-7,9,11-12H2,1-4H3. The number of piperidine rings is 1. The van der Waals surface area contributed by atoms with Gasteiger partial charge in [0.05, 0.1) is 0 Å². The van der Waals surface area contributed by atoms with E-state index in [0.717, 1.165) is 32.4 Å². The Labute approximate surface area is 144 Å². The molecule has 1 N–H and O–H groups in total. The third-order valence-electron chi connectivity index (χ3n) is 4.12. The van der Waals surface area contributed by atoms with Gasteiger partial charge < -0.3 is 15.0 Å². The van der Waals surface area contributed by atoms with E-state index >= 15 is 0 Å². The molecule has 0 aromatic carbocycles. The fraction of sp³-hybridized carbons (Fsp3) is 0.722. The first kappa shape index (κ1) is 18.3. The van der Waals surface area contributed by atoms with Crippen molar-refractivity contribution >= 4 is 17.4 Å². The molecule has 1 aliphatic heterocycles. The second kappa shape index (κ2) is 8.15. The van der Waals surface area contributed by atoms with E-state index in [1.54, 1.807) is 11.3 Å². The number of hydrogen-bond donors (Lipinski definition) is 1. The molecule has 1 saturated heterocycles. The molecule has 2 rings (SSSR count). The molecule has 0 radical (unpaired) electrons. The summed E-state index contributed by atoms with van der Waals surface area (Å²) in [6.07, 6.45) is 4.16. The van der Waals surface area contributed by atoms with Crippen LogP contribution in [-0.4, -0.2) is 35.2 Å². The number of carbonyl (C=O) groups excluding carboxylic acids is 1. The molecule has 1 fully saturated rings. The number of likely N-dealkylation sites (tertiary alicyclic amines) is 1. The molecule has 23 heavy (non-hydrogen) atoms. The molecule has 0 aliphatic carbocycles. The number of nitrogens with zero attached hydrogens (tertiary/aromatic N) is 1. The summed E-state index contributed by atoms with van der Waals surface area (Å²) in [6, 6.07) is 2.81. The predicted octanol–water partition coefficient (Wildman–Crippen LogP) is 4.41. The van der Waals surface area contributed by atoms with Crippen molar-refractivity contribution in [3.63, 3.8) is 0 Å². The molecule has 0 spiro atoms. The number of ether oxygens (including phenoxy) is 1. The Balaban J connectivity index is 1.86. The van der Waals surface area contributed by atoms with Gasteiger partial charge in [-0.3, -0.25) is 0 Å². The van der Waals surface area contributed by atoms with Crippen molar-refractivity contribution < 1.29 is 9.53 Å². The van der Waals surface area contributed by atoms with Crippen molar-refractivity contribution in [2.45, 2.75) is 77.6 Å². The molecule has 2 unspecified atom stereocenters. The van der Waals surface area contributed by atoms with Crippen LogP contribution in [-0.2, 0) is 11.3 Å². The lowest BCUT2D eigenvalue weighted by molar-refractivity contribution is 0.00789. The van der Waals surface area contributed by atoms with Gasteiger partial charge in [0, 0.05) is 25.2 Å². The summed E-state index contributed by atoms with van der Waals surface area (Å²) in [5, 5.41) is 7.85. The van der Waals surface area contributed by atoms with Crippen LogP contribution in [0.2, 0.25) is 0 Å². The van der Waals surface area contributed by atoms with Gasteiger partial charge in [0.2, 0.25) is 0 Å². The lowest BCUT2D eigenvalue weighted by atomic mass is 9.96. The van der Waals surface area contributed by atoms with Crippen LogP contribution in [0.5, 0.6) is 0 Å². The van der Waals surface area contributed by atoms with Crippen LogP contribution in [0.1, 0.15) is 58.9 Å². The van der Waals surface area contributed by atoms with Crippen molar-refractivity contribution in [3.8, 4) is 0 Å². The molecule has 1 amide bonds. The molecule has 2 atom stereocenters.